The predicted octanol–water partition coefficient (Wildman–Crippen LogP) is 3.56. The van der Waals surface area contributed by atoms with Crippen LogP contribution in [0.15, 0.2) is 52.3 Å². The highest BCUT2D eigenvalue weighted by Gasteiger charge is 2.24. The van der Waals surface area contributed by atoms with Gasteiger partial charge in [0.1, 0.15) is 0 Å². The number of thioether (sulfide) groups is 1. The molecule has 1 aliphatic heterocycles. The first kappa shape index (κ1) is 19.2. The molecule has 0 aromatic heterocycles. The summed E-state index contributed by atoms with van der Waals surface area (Å²) in [5.41, 5.74) is 1.31. The number of amides is 1. The van der Waals surface area contributed by atoms with Gasteiger partial charge >= 0.3 is 0 Å². The summed E-state index contributed by atoms with van der Waals surface area (Å²) in [6.07, 6.45) is 0.791. The predicted molar refractivity (Wildman–Crippen MR) is 104 cm³/mol. The molecule has 2 aromatic carbocycles. The molecule has 138 valence electrons. The Balaban J connectivity index is 1.85. The van der Waals surface area contributed by atoms with Crippen molar-refractivity contribution in [2.24, 2.45) is 0 Å². The van der Waals surface area contributed by atoms with E-state index < -0.39 is 10.0 Å². The lowest BCUT2D eigenvalue weighted by Gasteiger charge is -2.26. The Kier molecular flexibility index (Phi) is 5.62. The summed E-state index contributed by atoms with van der Waals surface area (Å²) in [5.74, 6) is 0.595. The average molecular weight is 411 g/mol. The molecule has 26 heavy (non-hydrogen) atoms. The van der Waals surface area contributed by atoms with Crippen LogP contribution in [0.5, 0.6) is 0 Å². The van der Waals surface area contributed by atoms with Gasteiger partial charge in [-0.3, -0.25) is 4.79 Å². The summed E-state index contributed by atoms with van der Waals surface area (Å²) in [4.78, 5) is 13.9. The van der Waals surface area contributed by atoms with Crippen molar-refractivity contribution in [3.8, 4) is 0 Å². The Morgan fingerprint density at radius 1 is 1.23 bits per heavy atom. The second-order valence-corrected chi connectivity index (χ2v) is 9.89. The molecule has 1 atom stereocenters. The van der Waals surface area contributed by atoms with Crippen LogP contribution >= 0.6 is 23.4 Å². The van der Waals surface area contributed by atoms with E-state index in [0.717, 1.165) is 26.9 Å². The van der Waals surface area contributed by atoms with Crippen molar-refractivity contribution in [2.45, 2.75) is 22.3 Å². The highest BCUT2D eigenvalue weighted by atomic mass is 35.5. The third-order valence-electron chi connectivity index (χ3n) is 4.19. The minimum atomic E-state index is -3.59. The van der Waals surface area contributed by atoms with Gasteiger partial charge in [0.15, 0.2) is 0 Å². The van der Waals surface area contributed by atoms with Crippen molar-refractivity contribution >= 4 is 39.3 Å². The molecular formula is C18H19ClN2O3S2. The molecule has 1 heterocycles. The number of halogens is 1. The number of hydrogen-bond acceptors (Lipinski definition) is 4. The van der Waals surface area contributed by atoms with E-state index in [-0.39, 0.29) is 16.8 Å². The van der Waals surface area contributed by atoms with Crippen LogP contribution in [0, 0.1) is 0 Å². The van der Waals surface area contributed by atoms with Gasteiger partial charge in [-0.2, -0.15) is 0 Å². The summed E-state index contributed by atoms with van der Waals surface area (Å²) >= 11 is 7.84. The highest BCUT2D eigenvalue weighted by molar-refractivity contribution is 7.99. The van der Waals surface area contributed by atoms with E-state index in [1.54, 1.807) is 23.9 Å². The minimum absolute atomic E-state index is 0.0952. The van der Waals surface area contributed by atoms with Crippen molar-refractivity contribution in [3.05, 3.63) is 58.6 Å². The maximum absolute atomic E-state index is 12.7. The van der Waals surface area contributed by atoms with Gasteiger partial charge in [-0.15, -0.1) is 11.8 Å². The van der Waals surface area contributed by atoms with Gasteiger partial charge < -0.3 is 5.32 Å². The molecule has 1 amide bonds. The molecule has 8 heteroatoms. The maximum Gasteiger partial charge on any atom is 0.251 e. The summed E-state index contributed by atoms with van der Waals surface area (Å²) in [6.45, 7) is 0. The van der Waals surface area contributed by atoms with Crippen LogP contribution in [0.1, 0.15) is 28.4 Å². The number of nitrogens with zero attached hydrogens (tertiary/aromatic N) is 1. The van der Waals surface area contributed by atoms with E-state index in [1.807, 2.05) is 18.2 Å². The molecule has 0 bridgehead atoms. The fourth-order valence-corrected chi connectivity index (χ4v) is 5.00. The van der Waals surface area contributed by atoms with E-state index >= 15 is 0 Å². The van der Waals surface area contributed by atoms with Gasteiger partial charge in [0.2, 0.25) is 10.0 Å². The lowest BCUT2D eigenvalue weighted by atomic mass is 10.0. The number of nitrogens with one attached hydrogen (secondary N) is 1. The summed E-state index contributed by atoms with van der Waals surface area (Å²) in [5, 5.41) is 3.64. The first-order chi connectivity index (χ1) is 12.3. The molecule has 3 rings (SSSR count). The SMILES string of the molecule is CN(C)S(=O)(=O)c1cccc(C(=O)N[C@@H]2CCSc3ccc(Cl)cc32)c1. The van der Waals surface area contributed by atoms with Crippen LogP contribution in [0.3, 0.4) is 0 Å². The maximum atomic E-state index is 12.7. The zero-order valence-corrected chi connectivity index (χ0v) is 16.8. The van der Waals surface area contributed by atoms with Crippen LogP contribution in [0.2, 0.25) is 5.02 Å². The first-order valence-corrected chi connectivity index (χ1v) is 10.8. The standard InChI is InChI=1S/C18H19ClN2O3S2/c1-21(2)26(23,24)14-5-3-4-12(10-14)18(22)20-16-8-9-25-17-7-6-13(19)11-15(16)17/h3-7,10-11,16H,8-9H2,1-2H3,(H,20,22)/t16-/m1/s1. The van der Waals surface area contributed by atoms with Crippen LogP contribution in [0.25, 0.3) is 0 Å². The van der Waals surface area contributed by atoms with Crippen LogP contribution < -0.4 is 5.32 Å². The number of fused-ring (bicyclic) bond motifs is 1. The molecule has 0 fully saturated rings. The molecule has 0 saturated carbocycles. The van der Waals surface area contributed by atoms with Crippen molar-refractivity contribution in [1.82, 2.24) is 9.62 Å². The third kappa shape index (κ3) is 3.91. The summed E-state index contributed by atoms with van der Waals surface area (Å²) in [6, 6.07) is 11.6. The second kappa shape index (κ2) is 7.60. The normalized spacial score (nSPS) is 17.0. The number of carbonyl (C=O) groups excluding carboxylic acids is 1. The highest BCUT2D eigenvalue weighted by Crippen LogP contribution is 2.37. The van der Waals surface area contributed by atoms with Crippen molar-refractivity contribution in [2.75, 3.05) is 19.8 Å². The molecule has 0 unspecified atom stereocenters. The van der Waals surface area contributed by atoms with Gasteiger partial charge in [-0.1, -0.05) is 17.7 Å². The Hall–Kier alpha value is -1.54. The lowest BCUT2D eigenvalue weighted by molar-refractivity contribution is 0.0934. The fourth-order valence-electron chi connectivity index (χ4n) is 2.77. The van der Waals surface area contributed by atoms with Crippen LogP contribution in [-0.2, 0) is 10.0 Å². The molecule has 0 spiro atoms. The number of sulfonamides is 1. The van der Waals surface area contributed by atoms with Gasteiger partial charge in [0.05, 0.1) is 10.9 Å². The molecule has 0 radical (unpaired) electrons. The number of hydrogen-bond donors (Lipinski definition) is 1. The number of benzene rings is 2. The Labute approximate surface area is 162 Å². The van der Waals surface area contributed by atoms with E-state index in [2.05, 4.69) is 5.32 Å². The lowest BCUT2D eigenvalue weighted by Crippen LogP contribution is -2.31. The Morgan fingerprint density at radius 3 is 2.73 bits per heavy atom. The van der Waals surface area contributed by atoms with E-state index in [0.29, 0.717) is 10.6 Å². The van der Waals surface area contributed by atoms with Crippen molar-refractivity contribution in [1.29, 1.82) is 0 Å². The summed E-state index contributed by atoms with van der Waals surface area (Å²) < 4.78 is 25.7. The molecule has 0 aliphatic carbocycles. The Morgan fingerprint density at radius 2 is 2.00 bits per heavy atom. The molecular weight excluding hydrogens is 392 g/mol. The van der Waals surface area contributed by atoms with Crippen molar-refractivity contribution in [3.63, 3.8) is 0 Å². The Bertz CT molecular complexity index is 945. The monoisotopic (exact) mass is 410 g/mol. The van der Waals surface area contributed by atoms with E-state index in [4.69, 9.17) is 11.6 Å². The molecule has 0 saturated heterocycles. The topological polar surface area (TPSA) is 66.5 Å². The van der Waals surface area contributed by atoms with Gasteiger partial charge in [-0.25, -0.2) is 12.7 Å². The van der Waals surface area contributed by atoms with Gasteiger partial charge in [-0.05, 0) is 48.4 Å². The second-order valence-electron chi connectivity index (χ2n) is 6.16. The van der Waals surface area contributed by atoms with E-state index in [9.17, 15) is 13.2 Å². The quantitative estimate of drug-likeness (QED) is 0.836. The molecule has 2 aromatic rings. The molecule has 5 nitrogen and oxygen atoms in total. The zero-order valence-electron chi connectivity index (χ0n) is 14.4. The van der Waals surface area contributed by atoms with E-state index in [1.165, 1.54) is 26.2 Å². The smallest absolute Gasteiger partial charge is 0.251 e. The molecule has 1 N–H and O–H groups in total. The minimum Gasteiger partial charge on any atom is -0.345 e. The summed E-state index contributed by atoms with van der Waals surface area (Å²) in [7, 11) is -0.666. The van der Waals surface area contributed by atoms with Crippen LogP contribution in [-0.4, -0.2) is 38.5 Å². The first-order valence-electron chi connectivity index (χ1n) is 8.05. The van der Waals surface area contributed by atoms with Gasteiger partial charge in [0.25, 0.3) is 5.91 Å². The van der Waals surface area contributed by atoms with Crippen molar-refractivity contribution < 1.29 is 13.2 Å². The number of carbonyl (C=O) groups is 1. The number of rotatable bonds is 4. The zero-order chi connectivity index (χ0) is 18.9. The third-order valence-corrected chi connectivity index (χ3v) is 7.36. The fraction of sp³-hybridized carbons (Fsp3) is 0.278. The average Bonchev–Trinajstić information content (AvgIpc) is 2.62. The van der Waals surface area contributed by atoms with Crippen LogP contribution in [0.4, 0.5) is 0 Å². The largest absolute Gasteiger partial charge is 0.345 e. The van der Waals surface area contributed by atoms with Gasteiger partial charge in [0, 0.05) is 35.3 Å². The molecule has 1 aliphatic rings.